The zero-order chi connectivity index (χ0) is 23.0. The number of nitrogens with zero attached hydrogens (tertiary/aromatic N) is 2. The van der Waals surface area contributed by atoms with E-state index in [1.165, 1.54) is 16.7 Å². The van der Waals surface area contributed by atoms with E-state index in [-0.39, 0.29) is 11.6 Å². The molecular weight excluding hydrogens is 433 g/mol. The van der Waals surface area contributed by atoms with Crippen molar-refractivity contribution in [2.75, 3.05) is 5.32 Å². The first-order chi connectivity index (χ1) is 15.2. The third-order valence-corrected chi connectivity index (χ3v) is 5.31. The third-order valence-electron chi connectivity index (χ3n) is 5.02. The second kappa shape index (κ2) is 8.43. The summed E-state index contributed by atoms with van der Waals surface area (Å²) in [5.74, 6) is -1.13. The fourth-order valence-electron chi connectivity index (χ4n) is 3.70. The molecule has 0 aliphatic carbocycles. The summed E-state index contributed by atoms with van der Waals surface area (Å²) in [5, 5.41) is 2.78. The van der Waals surface area contributed by atoms with E-state index in [1.54, 1.807) is 36.4 Å². The molecule has 0 atom stereocenters. The maximum absolute atomic E-state index is 13.4. The smallest absolute Gasteiger partial charge is 0.324 e. The van der Waals surface area contributed by atoms with Crippen LogP contribution < -0.4 is 16.6 Å². The first-order valence-electron chi connectivity index (χ1n) is 9.83. The average Bonchev–Trinajstić information content (AvgIpc) is 2.73. The second-order valence-corrected chi connectivity index (χ2v) is 7.96. The number of nitrogens with one attached hydrogen (secondary N) is 1. The molecule has 8 heteroatoms. The molecule has 0 bridgehead atoms. The largest absolute Gasteiger partial charge is 0.336 e. The fraction of sp³-hybridized carbons (Fsp3) is 0.125. The van der Waals surface area contributed by atoms with E-state index >= 15 is 0 Å². The normalized spacial score (nSPS) is 11.0. The van der Waals surface area contributed by atoms with Crippen molar-refractivity contribution >= 4 is 34.1 Å². The highest BCUT2D eigenvalue weighted by molar-refractivity contribution is 6.31. The predicted molar refractivity (Wildman–Crippen MR) is 123 cm³/mol. The van der Waals surface area contributed by atoms with Crippen LogP contribution in [0.2, 0.25) is 5.02 Å². The molecule has 3 aromatic carbocycles. The summed E-state index contributed by atoms with van der Waals surface area (Å²) in [7, 11) is 0. The Hall–Kier alpha value is -3.71. The van der Waals surface area contributed by atoms with E-state index in [9.17, 15) is 18.8 Å². The van der Waals surface area contributed by atoms with Crippen molar-refractivity contribution in [1.29, 1.82) is 0 Å². The minimum atomic E-state index is -0.633. The van der Waals surface area contributed by atoms with Crippen LogP contribution in [0.5, 0.6) is 0 Å². The minimum absolute atomic E-state index is 0.131. The van der Waals surface area contributed by atoms with Gasteiger partial charge in [-0.15, -0.1) is 0 Å². The van der Waals surface area contributed by atoms with Crippen LogP contribution in [-0.4, -0.2) is 15.0 Å². The highest BCUT2D eigenvalue weighted by Crippen LogP contribution is 2.19. The highest BCUT2D eigenvalue weighted by atomic mass is 35.5. The van der Waals surface area contributed by atoms with Crippen LogP contribution in [0.1, 0.15) is 11.1 Å². The summed E-state index contributed by atoms with van der Waals surface area (Å²) < 4.78 is 15.7. The van der Waals surface area contributed by atoms with Gasteiger partial charge >= 0.3 is 5.69 Å². The molecule has 0 aliphatic heterocycles. The molecule has 32 heavy (non-hydrogen) atoms. The Morgan fingerprint density at radius 3 is 2.38 bits per heavy atom. The van der Waals surface area contributed by atoms with Crippen LogP contribution in [0.3, 0.4) is 0 Å². The van der Waals surface area contributed by atoms with Gasteiger partial charge in [0.05, 0.1) is 21.6 Å². The molecule has 1 aromatic heterocycles. The Morgan fingerprint density at radius 1 is 1.00 bits per heavy atom. The van der Waals surface area contributed by atoms with E-state index in [1.807, 2.05) is 19.9 Å². The van der Waals surface area contributed by atoms with E-state index in [2.05, 4.69) is 5.32 Å². The van der Waals surface area contributed by atoms with Crippen molar-refractivity contribution in [2.45, 2.75) is 20.4 Å². The lowest BCUT2D eigenvalue weighted by Gasteiger charge is -2.15. The number of aromatic nitrogens is 2. The van der Waals surface area contributed by atoms with Gasteiger partial charge in [-0.3, -0.25) is 14.2 Å². The molecule has 1 N–H and O–H groups in total. The number of carbonyl (C=O) groups excluding carboxylic acids is 1. The van der Waals surface area contributed by atoms with Crippen molar-refractivity contribution in [3.8, 4) is 5.69 Å². The molecule has 0 unspecified atom stereocenters. The summed E-state index contributed by atoms with van der Waals surface area (Å²) >= 11 is 5.77. The zero-order valence-corrected chi connectivity index (χ0v) is 18.1. The maximum atomic E-state index is 13.4. The number of anilines is 1. The molecule has 0 spiro atoms. The molecule has 0 radical (unpaired) electrons. The second-order valence-electron chi connectivity index (χ2n) is 7.55. The summed E-state index contributed by atoms with van der Waals surface area (Å²) in [6.45, 7) is 3.41. The molecule has 0 saturated carbocycles. The van der Waals surface area contributed by atoms with Crippen LogP contribution in [-0.2, 0) is 11.3 Å². The van der Waals surface area contributed by atoms with Gasteiger partial charge in [0.15, 0.2) is 0 Å². The quantitative estimate of drug-likeness (QED) is 0.505. The van der Waals surface area contributed by atoms with E-state index in [0.29, 0.717) is 22.3 Å². The lowest BCUT2D eigenvalue weighted by atomic mass is 10.1. The number of halogens is 2. The van der Waals surface area contributed by atoms with Crippen molar-refractivity contribution < 1.29 is 9.18 Å². The molecule has 1 amide bonds. The lowest BCUT2D eigenvalue weighted by Crippen LogP contribution is -2.40. The average molecular weight is 452 g/mol. The number of benzene rings is 3. The molecule has 0 fully saturated rings. The van der Waals surface area contributed by atoms with Gasteiger partial charge in [-0.05, 0) is 67.4 Å². The SMILES string of the molecule is Cc1cc(C)cc(-n2c(=O)c3ccccc3n(CC(=O)Nc3ccc(F)c(Cl)c3)c2=O)c1. The van der Waals surface area contributed by atoms with Gasteiger partial charge in [0.2, 0.25) is 5.91 Å². The van der Waals surface area contributed by atoms with Gasteiger partial charge in [-0.2, -0.15) is 0 Å². The monoisotopic (exact) mass is 451 g/mol. The number of fused-ring (bicyclic) bond motifs is 1. The van der Waals surface area contributed by atoms with Gasteiger partial charge in [0.25, 0.3) is 5.56 Å². The Morgan fingerprint density at radius 2 is 1.69 bits per heavy atom. The number of carbonyl (C=O) groups is 1. The summed E-state index contributed by atoms with van der Waals surface area (Å²) in [5.41, 5.74) is 1.77. The Labute approximate surface area is 187 Å². The van der Waals surface area contributed by atoms with E-state index in [0.717, 1.165) is 21.8 Å². The topological polar surface area (TPSA) is 73.1 Å². The molecule has 0 saturated heterocycles. The molecule has 162 valence electrons. The molecule has 0 aliphatic rings. The Balaban J connectivity index is 1.83. The summed E-state index contributed by atoms with van der Waals surface area (Å²) in [6.07, 6.45) is 0. The number of amides is 1. The highest BCUT2D eigenvalue weighted by Gasteiger charge is 2.17. The van der Waals surface area contributed by atoms with Crippen molar-refractivity contribution in [1.82, 2.24) is 9.13 Å². The van der Waals surface area contributed by atoms with Crippen molar-refractivity contribution in [3.63, 3.8) is 0 Å². The number of hydrogen-bond donors (Lipinski definition) is 1. The standard InChI is InChI=1S/C24H19ClFN3O3/c1-14-9-15(2)11-17(10-14)29-23(31)18-5-3-4-6-21(18)28(24(29)32)13-22(30)27-16-7-8-20(26)19(25)12-16/h3-12H,13H2,1-2H3,(H,27,30). The van der Waals surface area contributed by atoms with E-state index in [4.69, 9.17) is 11.6 Å². The van der Waals surface area contributed by atoms with Crippen LogP contribution in [0.15, 0.2) is 70.3 Å². The molecular formula is C24H19ClFN3O3. The van der Waals surface area contributed by atoms with Gasteiger partial charge in [0, 0.05) is 5.69 Å². The van der Waals surface area contributed by atoms with Gasteiger partial charge in [0.1, 0.15) is 12.4 Å². The van der Waals surface area contributed by atoms with E-state index < -0.39 is 23.0 Å². The maximum Gasteiger partial charge on any atom is 0.336 e. The van der Waals surface area contributed by atoms with Crippen molar-refractivity contribution in [3.05, 3.63) is 103 Å². The fourth-order valence-corrected chi connectivity index (χ4v) is 3.88. The van der Waals surface area contributed by atoms with Gasteiger partial charge in [-0.25, -0.2) is 13.8 Å². The third kappa shape index (κ3) is 4.07. The molecule has 6 nitrogen and oxygen atoms in total. The molecule has 1 heterocycles. The molecule has 4 aromatic rings. The number of aryl methyl sites for hydroxylation is 2. The number of hydrogen-bond acceptors (Lipinski definition) is 3. The Kier molecular flexibility index (Phi) is 5.67. The van der Waals surface area contributed by atoms with Crippen LogP contribution >= 0.6 is 11.6 Å². The lowest BCUT2D eigenvalue weighted by molar-refractivity contribution is -0.116. The first kappa shape index (κ1) is 21.5. The van der Waals surface area contributed by atoms with Gasteiger partial charge < -0.3 is 5.32 Å². The summed E-state index contributed by atoms with van der Waals surface area (Å²) in [6, 6.07) is 15.8. The van der Waals surface area contributed by atoms with Crippen LogP contribution in [0, 0.1) is 19.7 Å². The van der Waals surface area contributed by atoms with Crippen LogP contribution in [0.25, 0.3) is 16.6 Å². The molecule has 4 rings (SSSR count). The van der Waals surface area contributed by atoms with Crippen molar-refractivity contribution in [2.24, 2.45) is 0 Å². The first-order valence-corrected chi connectivity index (χ1v) is 10.2. The predicted octanol–water partition coefficient (Wildman–Crippen LogP) is 4.20. The zero-order valence-electron chi connectivity index (χ0n) is 17.4. The summed E-state index contributed by atoms with van der Waals surface area (Å²) in [4.78, 5) is 39.3. The number of rotatable bonds is 4. The number of para-hydroxylation sites is 1. The Bertz CT molecular complexity index is 1470. The van der Waals surface area contributed by atoms with Gasteiger partial charge in [-0.1, -0.05) is 29.8 Å². The van der Waals surface area contributed by atoms with Crippen LogP contribution in [0.4, 0.5) is 10.1 Å². The minimum Gasteiger partial charge on any atom is -0.324 e.